The number of unbranched alkanes of at least 4 members (excludes halogenated alkanes) is 12. The van der Waals surface area contributed by atoms with Crippen molar-refractivity contribution in [2.45, 2.75) is 150 Å². The Morgan fingerprint density at radius 1 is 0.360 bits per heavy atom. The molecule has 0 saturated heterocycles. The van der Waals surface area contributed by atoms with Crippen molar-refractivity contribution < 1.29 is 0 Å². The topological polar surface area (TPSA) is 0 Å². The van der Waals surface area contributed by atoms with Crippen LogP contribution in [0.2, 0.25) is 0 Å². The predicted molar refractivity (Wildman–Crippen MR) is 117 cm³/mol. The average Bonchev–Trinajstić information content (AvgIpc) is 2.60. The quantitative estimate of drug-likeness (QED) is 0.191. The summed E-state index contributed by atoms with van der Waals surface area (Å²) in [6.07, 6.45) is 27.7. The van der Waals surface area contributed by atoms with Gasteiger partial charge in [0.05, 0.1) is 0 Å². The van der Waals surface area contributed by atoms with Gasteiger partial charge in [0.15, 0.2) is 0 Å². The van der Waals surface area contributed by atoms with Crippen LogP contribution in [0, 0.1) is 11.8 Å². The third kappa shape index (κ3) is 20.2. The van der Waals surface area contributed by atoms with Crippen molar-refractivity contribution in [1.82, 2.24) is 0 Å². The van der Waals surface area contributed by atoms with Gasteiger partial charge in [-0.2, -0.15) is 0 Å². The van der Waals surface area contributed by atoms with E-state index in [0.29, 0.717) is 0 Å². The van der Waals surface area contributed by atoms with Crippen LogP contribution in [0.3, 0.4) is 0 Å². The number of rotatable bonds is 20. The summed E-state index contributed by atoms with van der Waals surface area (Å²) < 4.78 is 0. The molecule has 0 heterocycles. The van der Waals surface area contributed by atoms with Gasteiger partial charge in [-0.15, -0.1) is 0 Å². The summed E-state index contributed by atoms with van der Waals surface area (Å²) in [5, 5.41) is 0. The van der Waals surface area contributed by atoms with Crippen LogP contribution in [0.5, 0.6) is 0 Å². The molecule has 25 heavy (non-hydrogen) atoms. The lowest BCUT2D eigenvalue weighted by Gasteiger charge is -2.13. The highest BCUT2D eigenvalue weighted by atomic mass is 14.1. The van der Waals surface area contributed by atoms with Crippen LogP contribution in [0.1, 0.15) is 150 Å². The summed E-state index contributed by atoms with van der Waals surface area (Å²) in [6.45, 7) is 9.56. The first-order valence-electron chi connectivity index (χ1n) is 12.2. The molecule has 0 aliphatic rings. The summed E-state index contributed by atoms with van der Waals surface area (Å²) in [5.74, 6) is 1.93. The first kappa shape index (κ1) is 25.0. The Morgan fingerprint density at radius 3 is 0.960 bits per heavy atom. The van der Waals surface area contributed by atoms with Gasteiger partial charge < -0.3 is 0 Å². The smallest absolute Gasteiger partial charge is 0.0443 e. The highest BCUT2D eigenvalue weighted by Gasteiger charge is 2.04. The molecule has 0 fully saturated rings. The van der Waals surface area contributed by atoms with E-state index in [2.05, 4.69) is 27.7 Å². The lowest BCUT2D eigenvalue weighted by Crippen LogP contribution is -1.97. The van der Waals surface area contributed by atoms with Crippen molar-refractivity contribution in [3.05, 3.63) is 0 Å². The van der Waals surface area contributed by atoms with E-state index in [1.165, 1.54) is 122 Å². The van der Waals surface area contributed by atoms with Crippen LogP contribution >= 0.6 is 0 Å². The molecule has 0 amide bonds. The van der Waals surface area contributed by atoms with Crippen molar-refractivity contribution in [1.29, 1.82) is 0 Å². The van der Waals surface area contributed by atoms with Gasteiger partial charge >= 0.3 is 0 Å². The van der Waals surface area contributed by atoms with Crippen molar-refractivity contribution in [2.75, 3.05) is 0 Å². The molecule has 0 N–H and O–H groups in total. The third-order valence-electron chi connectivity index (χ3n) is 5.99. The Labute approximate surface area is 161 Å². The van der Waals surface area contributed by atoms with Crippen LogP contribution in [-0.4, -0.2) is 0 Å². The standard InChI is InChI=1S/C25H52/c1-5-7-9-11-12-13-14-17-21-25(4)23-19-15-18-22-24(3)20-16-10-8-6-2/h24-25H,5-23H2,1-4H3. The molecule has 2 atom stereocenters. The lowest BCUT2D eigenvalue weighted by molar-refractivity contribution is 0.408. The summed E-state index contributed by atoms with van der Waals surface area (Å²) in [7, 11) is 0. The summed E-state index contributed by atoms with van der Waals surface area (Å²) >= 11 is 0. The fraction of sp³-hybridized carbons (Fsp3) is 1.00. The second kappa shape index (κ2) is 20.3. The summed E-state index contributed by atoms with van der Waals surface area (Å²) in [6, 6.07) is 0. The van der Waals surface area contributed by atoms with Crippen LogP contribution in [0.4, 0.5) is 0 Å². The van der Waals surface area contributed by atoms with Crippen LogP contribution in [-0.2, 0) is 0 Å². The molecule has 0 nitrogen and oxygen atoms in total. The largest absolute Gasteiger partial charge is 0.0654 e. The molecule has 0 aromatic rings. The maximum atomic E-state index is 2.48. The van der Waals surface area contributed by atoms with E-state index in [-0.39, 0.29) is 0 Å². The molecule has 152 valence electrons. The molecular formula is C25H52. The van der Waals surface area contributed by atoms with Gasteiger partial charge in [0.2, 0.25) is 0 Å². The van der Waals surface area contributed by atoms with E-state index in [1.54, 1.807) is 0 Å². The van der Waals surface area contributed by atoms with Crippen LogP contribution < -0.4 is 0 Å². The minimum Gasteiger partial charge on any atom is -0.0654 e. The zero-order chi connectivity index (χ0) is 18.6. The molecule has 0 bridgehead atoms. The maximum Gasteiger partial charge on any atom is -0.0443 e. The minimum absolute atomic E-state index is 0.964. The number of hydrogen-bond acceptors (Lipinski definition) is 0. The molecule has 0 spiro atoms. The van der Waals surface area contributed by atoms with Crippen LogP contribution in [0.25, 0.3) is 0 Å². The molecule has 0 aliphatic carbocycles. The second-order valence-electron chi connectivity index (χ2n) is 8.96. The Kier molecular flexibility index (Phi) is 20.3. The Bertz CT molecular complexity index is 232. The van der Waals surface area contributed by atoms with Gasteiger partial charge in [0.1, 0.15) is 0 Å². The van der Waals surface area contributed by atoms with Gasteiger partial charge in [0, 0.05) is 0 Å². The molecule has 0 radical (unpaired) electrons. The molecule has 0 aromatic carbocycles. The zero-order valence-corrected chi connectivity index (χ0v) is 18.6. The average molecular weight is 353 g/mol. The molecule has 2 unspecified atom stereocenters. The molecule has 0 rings (SSSR count). The molecule has 0 aromatic heterocycles. The van der Waals surface area contributed by atoms with Gasteiger partial charge in [-0.05, 0) is 11.8 Å². The Balaban J connectivity index is 3.25. The van der Waals surface area contributed by atoms with E-state index in [9.17, 15) is 0 Å². The van der Waals surface area contributed by atoms with E-state index < -0.39 is 0 Å². The second-order valence-corrected chi connectivity index (χ2v) is 8.96. The fourth-order valence-corrected chi connectivity index (χ4v) is 4.00. The molecular weight excluding hydrogens is 300 g/mol. The zero-order valence-electron chi connectivity index (χ0n) is 18.6. The summed E-state index contributed by atoms with van der Waals surface area (Å²) in [4.78, 5) is 0. The van der Waals surface area contributed by atoms with Gasteiger partial charge in [-0.25, -0.2) is 0 Å². The SMILES string of the molecule is CCCCCCCCCCC(C)CCCCCC(C)CCCCCC. The molecule has 0 heteroatoms. The van der Waals surface area contributed by atoms with Gasteiger partial charge in [-0.3, -0.25) is 0 Å². The Morgan fingerprint density at radius 2 is 0.600 bits per heavy atom. The fourth-order valence-electron chi connectivity index (χ4n) is 4.00. The van der Waals surface area contributed by atoms with Crippen molar-refractivity contribution in [3.8, 4) is 0 Å². The highest BCUT2D eigenvalue weighted by Crippen LogP contribution is 2.20. The molecule has 0 saturated carbocycles. The highest BCUT2D eigenvalue weighted by molar-refractivity contribution is 4.58. The monoisotopic (exact) mass is 352 g/mol. The van der Waals surface area contributed by atoms with E-state index >= 15 is 0 Å². The van der Waals surface area contributed by atoms with Gasteiger partial charge in [0.25, 0.3) is 0 Å². The summed E-state index contributed by atoms with van der Waals surface area (Å²) in [5.41, 5.74) is 0. The maximum absolute atomic E-state index is 2.48. The van der Waals surface area contributed by atoms with Crippen LogP contribution in [0.15, 0.2) is 0 Å². The van der Waals surface area contributed by atoms with E-state index in [0.717, 1.165) is 11.8 Å². The Hall–Kier alpha value is 0. The third-order valence-corrected chi connectivity index (χ3v) is 5.99. The first-order valence-corrected chi connectivity index (χ1v) is 12.2. The van der Waals surface area contributed by atoms with Crippen molar-refractivity contribution >= 4 is 0 Å². The van der Waals surface area contributed by atoms with Crippen molar-refractivity contribution in [3.63, 3.8) is 0 Å². The molecule has 0 aliphatic heterocycles. The van der Waals surface area contributed by atoms with E-state index in [4.69, 9.17) is 0 Å². The normalized spacial score (nSPS) is 13.9. The van der Waals surface area contributed by atoms with E-state index in [1.807, 2.05) is 0 Å². The van der Waals surface area contributed by atoms with Crippen molar-refractivity contribution in [2.24, 2.45) is 11.8 Å². The number of hydrogen-bond donors (Lipinski definition) is 0. The first-order chi connectivity index (χ1) is 12.2. The lowest BCUT2D eigenvalue weighted by atomic mass is 9.93. The predicted octanol–water partition coefficient (Wildman–Crippen LogP) is 9.71. The van der Waals surface area contributed by atoms with Gasteiger partial charge in [-0.1, -0.05) is 150 Å². The minimum atomic E-state index is 0.964.